The van der Waals surface area contributed by atoms with Gasteiger partial charge in [-0.05, 0) is 35.2 Å². The third-order valence-electron chi connectivity index (χ3n) is 4.75. The molecular formula is C19H25ClN2O. The van der Waals surface area contributed by atoms with Crippen LogP contribution in [-0.4, -0.2) is 23.4 Å². The minimum Gasteiger partial charge on any atom is -0.340 e. The average Bonchev–Trinajstić information content (AvgIpc) is 2.54. The molecule has 0 bridgehead atoms. The van der Waals surface area contributed by atoms with Crippen LogP contribution in [0.1, 0.15) is 37.7 Å². The fourth-order valence-corrected chi connectivity index (χ4v) is 3.46. The van der Waals surface area contributed by atoms with E-state index in [2.05, 4.69) is 30.3 Å². The SMILES string of the molecule is CN(Cc1ccc2ccccc2c1)C(=O)C1(N)CCCCC1.Cl. The fourth-order valence-electron chi connectivity index (χ4n) is 3.46. The lowest BCUT2D eigenvalue weighted by Gasteiger charge is -2.35. The van der Waals surface area contributed by atoms with Gasteiger partial charge in [-0.25, -0.2) is 0 Å². The van der Waals surface area contributed by atoms with Gasteiger partial charge < -0.3 is 10.6 Å². The van der Waals surface area contributed by atoms with Gasteiger partial charge in [-0.1, -0.05) is 55.7 Å². The van der Waals surface area contributed by atoms with Gasteiger partial charge in [0.05, 0.1) is 5.54 Å². The van der Waals surface area contributed by atoms with Gasteiger partial charge in [-0.2, -0.15) is 0 Å². The molecule has 0 aromatic heterocycles. The molecule has 1 aliphatic rings. The number of halogens is 1. The van der Waals surface area contributed by atoms with Crippen molar-refractivity contribution in [2.45, 2.75) is 44.2 Å². The zero-order valence-electron chi connectivity index (χ0n) is 13.6. The number of carbonyl (C=O) groups excluding carboxylic acids is 1. The molecule has 0 spiro atoms. The number of benzene rings is 2. The van der Waals surface area contributed by atoms with Crippen LogP contribution in [0.15, 0.2) is 42.5 Å². The smallest absolute Gasteiger partial charge is 0.242 e. The van der Waals surface area contributed by atoms with Crippen molar-refractivity contribution < 1.29 is 4.79 Å². The molecule has 0 aliphatic heterocycles. The number of nitrogens with zero attached hydrogens (tertiary/aromatic N) is 1. The number of nitrogens with two attached hydrogens (primary N) is 1. The Kier molecular flexibility index (Phi) is 5.66. The Morgan fingerprint density at radius 3 is 2.43 bits per heavy atom. The highest BCUT2D eigenvalue weighted by atomic mass is 35.5. The van der Waals surface area contributed by atoms with Crippen LogP contribution in [0.5, 0.6) is 0 Å². The molecule has 0 unspecified atom stereocenters. The first-order valence-corrected chi connectivity index (χ1v) is 8.11. The third-order valence-corrected chi connectivity index (χ3v) is 4.75. The van der Waals surface area contributed by atoms with E-state index in [0.29, 0.717) is 6.54 Å². The Morgan fingerprint density at radius 1 is 1.09 bits per heavy atom. The summed E-state index contributed by atoms with van der Waals surface area (Å²) < 4.78 is 0. The fraction of sp³-hybridized carbons (Fsp3) is 0.421. The first-order valence-electron chi connectivity index (χ1n) is 8.11. The summed E-state index contributed by atoms with van der Waals surface area (Å²) in [4.78, 5) is 14.5. The highest BCUT2D eigenvalue weighted by Crippen LogP contribution is 2.28. The number of hydrogen-bond acceptors (Lipinski definition) is 2. The lowest BCUT2D eigenvalue weighted by molar-refractivity contribution is -0.137. The number of carbonyl (C=O) groups is 1. The topological polar surface area (TPSA) is 46.3 Å². The maximum Gasteiger partial charge on any atom is 0.242 e. The summed E-state index contributed by atoms with van der Waals surface area (Å²) in [6.45, 7) is 0.614. The Balaban J connectivity index is 0.00000192. The molecule has 0 radical (unpaired) electrons. The van der Waals surface area contributed by atoms with Gasteiger partial charge in [0.15, 0.2) is 0 Å². The minimum atomic E-state index is -0.649. The first kappa shape index (κ1) is 17.8. The zero-order valence-corrected chi connectivity index (χ0v) is 14.4. The molecule has 2 aromatic carbocycles. The van der Waals surface area contributed by atoms with Crippen molar-refractivity contribution in [2.24, 2.45) is 5.73 Å². The molecule has 1 amide bonds. The van der Waals surface area contributed by atoms with E-state index in [1.54, 1.807) is 4.90 Å². The normalized spacial score (nSPS) is 16.6. The van der Waals surface area contributed by atoms with Gasteiger partial charge in [-0.3, -0.25) is 4.79 Å². The highest BCUT2D eigenvalue weighted by molar-refractivity contribution is 5.86. The molecule has 124 valence electrons. The largest absolute Gasteiger partial charge is 0.340 e. The number of rotatable bonds is 3. The Labute approximate surface area is 144 Å². The molecule has 3 rings (SSSR count). The van der Waals surface area contributed by atoms with E-state index in [4.69, 9.17) is 5.73 Å². The number of fused-ring (bicyclic) bond motifs is 1. The predicted octanol–water partition coefficient (Wildman–Crippen LogP) is 3.88. The molecular weight excluding hydrogens is 308 g/mol. The highest BCUT2D eigenvalue weighted by Gasteiger charge is 2.37. The van der Waals surface area contributed by atoms with Crippen molar-refractivity contribution in [3.05, 3.63) is 48.0 Å². The summed E-state index contributed by atoms with van der Waals surface area (Å²) in [5.41, 5.74) is 6.85. The summed E-state index contributed by atoms with van der Waals surface area (Å²) in [5, 5.41) is 2.43. The van der Waals surface area contributed by atoms with Crippen molar-refractivity contribution in [2.75, 3.05) is 7.05 Å². The van der Waals surface area contributed by atoms with Crippen LogP contribution in [0.2, 0.25) is 0 Å². The van der Waals surface area contributed by atoms with E-state index >= 15 is 0 Å². The van der Waals surface area contributed by atoms with Gasteiger partial charge >= 0.3 is 0 Å². The molecule has 4 heteroatoms. The molecule has 0 saturated heterocycles. The van der Waals surface area contributed by atoms with Gasteiger partial charge in [-0.15, -0.1) is 12.4 Å². The first-order chi connectivity index (χ1) is 10.6. The van der Waals surface area contributed by atoms with Crippen molar-refractivity contribution >= 4 is 29.1 Å². The van der Waals surface area contributed by atoms with Crippen LogP contribution < -0.4 is 5.73 Å². The maximum atomic E-state index is 12.7. The maximum absolute atomic E-state index is 12.7. The average molecular weight is 333 g/mol. The lowest BCUT2D eigenvalue weighted by atomic mass is 9.81. The van der Waals surface area contributed by atoms with Crippen LogP contribution in [-0.2, 0) is 11.3 Å². The summed E-state index contributed by atoms with van der Waals surface area (Å²) >= 11 is 0. The molecule has 2 N–H and O–H groups in total. The van der Waals surface area contributed by atoms with Crippen molar-refractivity contribution in [1.29, 1.82) is 0 Å². The summed E-state index contributed by atoms with van der Waals surface area (Å²) in [7, 11) is 1.86. The molecule has 0 heterocycles. The molecule has 1 aliphatic carbocycles. The summed E-state index contributed by atoms with van der Waals surface area (Å²) in [6.07, 6.45) is 4.94. The Hall–Kier alpha value is -1.58. The minimum absolute atomic E-state index is 0. The van der Waals surface area contributed by atoms with E-state index < -0.39 is 5.54 Å². The van der Waals surface area contributed by atoms with Crippen molar-refractivity contribution in [3.8, 4) is 0 Å². The van der Waals surface area contributed by atoms with Gasteiger partial charge in [0, 0.05) is 13.6 Å². The van der Waals surface area contributed by atoms with Gasteiger partial charge in [0.1, 0.15) is 0 Å². The second-order valence-corrected chi connectivity index (χ2v) is 6.56. The quantitative estimate of drug-likeness (QED) is 0.927. The predicted molar refractivity (Wildman–Crippen MR) is 97.7 cm³/mol. The number of hydrogen-bond donors (Lipinski definition) is 1. The summed E-state index contributed by atoms with van der Waals surface area (Å²) in [6, 6.07) is 14.6. The lowest BCUT2D eigenvalue weighted by Crippen LogP contribution is -2.55. The van der Waals surface area contributed by atoms with Crippen molar-refractivity contribution in [3.63, 3.8) is 0 Å². The Morgan fingerprint density at radius 2 is 1.74 bits per heavy atom. The second-order valence-electron chi connectivity index (χ2n) is 6.56. The van der Waals surface area contributed by atoms with Gasteiger partial charge in [0.2, 0.25) is 5.91 Å². The van der Waals surface area contributed by atoms with E-state index in [1.807, 2.05) is 19.2 Å². The molecule has 1 fully saturated rings. The van der Waals surface area contributed by atoms with E-state index in [0.717, 1.165) is 31.2 Å². The van der Waals surface area contributed by atoms with Crippen LogP contribution in [0.3, 0.4) is 0 Å². The van der Waals surface area contributed by atoms with E-state index in [1.165, 1.54) is 17.2 Å². The molecule has 3 nitrogen and oxygen atoms in total. The third kappa shape index (κ3) is 3.85. The number of likely N-dealkylation sites (N-methyl/N-ethyl adjacent to an activating group) is 1. The van der Waals surface area contributed by atoms with E-state index in [-0.39, 0.29) is 18.3 Å². The van der Waals surface area contributed by atoms with E-state index in [9.17, 15) is 4.79 Å². The van der Waals surface area contributed by atoms with Crippen LogP contribution in [0.25, 0.3) is 10.8 Å². The molecule has 23 heavy (non-hydrogen) atoms. The van der Waals surface area contributed by atoms with Gasteiger partial charge in [0.25, 0.3) is 0 Å². The molecule has 1 saturated carbocycles. The second kappa shape index (κ2) is 7.33. The molecule has 2 aromatic rings. The van der Waals surface area contributed by atoms with Crippen LogP contribution in [0, 0.1) is 0 Å². The standard InChI is InChI=1S/C19H24N2O.ClH/c1-21(18(22)19(20)11-5-2-6-12-19)14-15-9-10-16-7-3-4-8-17(16)13-15;/h3-4,7-10,13H,2,5-6,11-12,14,20H2,1H3;1H. The summed E-state index contributed by atoms with van der Waals surface area (Å²) in [5.74, 6) is 0.0837. The monoisotopic (exact) mass is 332 g/mol. The van der Waals surface area contributed by atoms with Crippen LogP contribution in [0.4, 0.5) is 0 Å². The van der Waals surface area contributed by atoms with Crippen molar-refractivity contribution in [1.82, 2.24) is 4.90 Å². The number of amides is 1. The van der Waals surface area contributed by atoms with Crippen LogP contribution >= 0.6 is 12.4 Å². The zero-order chi connectivity index (χ0) is 15.6. The Bertz CT molecular complexity index is 680. The molecule has 0 atom stereocenters.